The summed E-state index contributed by atoms with van der Waals surface area (Å²) < 4.78 is 123. The Balaban J connectivity index is 5.10. The van der Waals surface area contributed by atoms with Crippen molar-refractivity contribution in [3.05, 3.63) is 0 Å². The molecule has 0 aromatic rings. The molecule has 0 spiro atoms. The molecular formula is C14H17F9O4. The molecule has 0 radical (unpaired) electrons. The Morgan fingerprint density at radius 2 is 1.33 bits per heavy atom. The van der Waals surface area contributed by atoms with Crippen LogP contribution in [-0.4, -0.2) is 49.1 Å². The van der Waals surface area contributed by atoms with E-state index in [1.165, 1.54) is 13.8 Å². The first-order valence-corrected chi connectivity index (χ1v) is 7.36. The third kappa shape index (κ3) is 5.41. The van der Waals surface area contributed by atoms with Gasteiger partial charge >= 0.3 is 35.9 Å². The molecule has 0 rings (SSSR count). The van der Waals surface area contributed by atoms with E-state index >= 15 is 0 Å². The quantitative estimate of drug-likeness (QED) is 0.411. The standard InChI is InChI=1S/C14H17F9O4/c1-4-10(3,7-27-8(2)24)9(25)26-6-5-11(15,16)12(17,18)13(19,20)14(21,22)23/h4-7H2,1-3H3. The van der Waals surface area contributed by atoms with Crippen molar-refractivity contribution in [3.63, 3.8) is 0 Å². The number of ether oxygens (including phenoxy) is 2. The summed E-state index contributed by atoms with van der Waals surface area (Å²) >= 11 is 0. The van der Waals surface area contributed by atoms with Gasteiger partial charge in [0.1, 0.15) is 6.61 Å². The molecule has 0 aliphatic carbocycles. The molecule has 0 aliphatic heterocycles. The Labute approximate surface area is 148 Å². The molecule has 4 nitrogen and oxygen atoms in total. The average Bonchev–Trinajstić information content (AvgIpc) is 2.50. The van der Waals surface area contributed by atoms with E-state index in [2.05, 4.69) is 9.47 Å². The van der Waals surface area contributed by atoms with Crippen LogP contribution in [0.3, 0.4) is 0 Å². The van der Waals surface area contributed by atoms with Gasteiger partial charge in [-0.25, -0.2) is 0 Å². The van der Waals surface area contributed by atoms with Crippen LogP contribution in [0.25, 0.3) is 0 Å². The lowest BCUT2D eigenvalue weighted by Crippen LogP contribution is -2.61. The van der Waals surface area contributed by atoms with Crippen LogP contribution in [0.15, 0.2) is 0 Å². The molecule has 0 saturated heterocycles. The Morgan fingerprint density at radius 1 is 0.852 bits per heavy atom. The third-order valence-corrected chi connectivity index (χ3v) is 3.73. The normalized spacial score (nSPS) is 15.9. The van der Waals surface area contributed by atoms with Crippen LogP contribution in [0.1, 0.15) is 33.6 Å². The van der Waals surface area contributed by atoms with E-state index in [0.717, 1.165) is 6.92 Å². The van der Waals surface area contributed by atoms with Gasteiger partial charge in [0.15, 0.2) is 0 Å². The summed E-state index contributed by atoms with van der Waals surface area (Å²) in [5, 5.41) is 0. The first kappa shape index (κ1) is 25.3. The van der Waals surface area contributed by atoms with Gasteiger partial charge in [0, 0.05) is 6.92 Å². The van der Waals surface area contributed by atoms with Crippen LogP contribution in [0.2, 0.25) is 0 Å². The van der Waals surface area contributed by atoms with E-state index in [4.69, 9.17) is 0 Å². The molecule has 0 aromatic heterocycles. The highest BCUT2D eigenvalue weighted by atomic mass is 19.4. The molecule has 13 heteroatoms. The van der Waals surface area contributed by atoms with Crippen molar-refractivity contribution >= 4 is 11.9 Å². The molecular weight excluding hydrogens is 403 g/mol. The van der Waals surface area contributed by atoms with Gasteiger partial charge in [-0.15, -0.1) is 0 Å². The number of alkyl halides is 9. The van der Waals surface area contributed by atoms with E-state index < -0.39 is 60.9 Å². The zero-order chi connectivity index (χ0) is 21.9. The number of carbonyl (C=O) groups is 2. The van der Waals surface area contributed by atoms with Crippen LogP contribution in [0.5, 0.6) is 0 Å². The highest BCUT2D eigenvalue weighted by Crippen LogP contribution is 2.54. The maximum Gasteiger partial charge on any atom is 0.460 e. The molecule has 1 unspecified atom stereocenters. The van der Waals surface area contributed by atoms with Gasteiger partial charge in [0.25, 0.3) is 0 Å². The van der Waals surface area contributed by atoms with Crippen LogP contribution in [0.4, 0.5) is 39.5 Å². The van der Waals surface area contributed by atoms with E-state index in [0.29, 0.717) is 0 Å². The van der Waals surface area contributed by atoms with Crippen molar-refractivity contribution in [1.82, 2.24) is 0 Å². The number of carbonyl (C=O) groups excluding carboxylic acids is 2. The van der Waals surface area contributed by atoms with Gasteiger partial charge in [-0.05, 0) is 13.3 Å². The second-order valence-electron chi connectivity index (χ2n) is 5.93. The lowest BCUT2D eigenvalue weighted by molar-refractivity contribution is -0.397. The SMILES string of the molecule is CCC(C)(COC(C)=O)C(=O)OCCC(F)(F)C(F)(F)C(F)(F)C(F)(F)F. The fourth-order valence-corrected chi connectivity index (χ4v) is 1.58. The summed E-state index contributed by atoms with van der Waals surface area (Å²) in [7, 11) is 0. The maximum absolute atomic E-state index is 13.3. The average molecular weight is 420 g/mol. The van der Waals surface area contributed by atoms with E-state index in [9.17, 15) is 49.1 Å². The second-order valence-corrected chi connectivity index (χ2v) is 5.93. The molecule has 160 valence electrons. The molecule has 0 N–H and O–H groups in total. The molecule has 0 fully saturated rings. The van der Waals surface area contributed by atoms with Crippen LogP contribution in [0, 0.1) is 5.41 Å². The van der Waals surface area contributed by atoms with Crippen molar-refractivity contribution in [3.8, 4) is 0 Å². The largest absolute Gasteiger partial charge is 0.465 e. The van der Waals surface area contributed by atoms with Crippen LogP contribution < -0.4 is 0 Å². The molecule has 0 amide bonds. The lowest BCUT2D eigenvalue weighted by Gasteiger charge is -2.33. The predicted molar refractivity (Wildman–Crippen MR) is 71.5 cm³/mol. The number of hydrogen-bond donors (Lipinski definition) is 0. The van der Waals surface area contributed by atoms with Gasteiger partial charge in [-0.2, -0.15) is 39.5 Å². The van der Waals surface area contributed by atoms with Crippen LogP contribution >= 0.6 is 0 Å². The van der Waals surface area contributed by atoms with Gasteiger partial charge in [0.05, 0.1) is 18.4 Å². The monoisotopic (exact) mass is 420 g/mol. The van der Waals surface area contributed by atoms with Crippen molar-refractivity contribution in [2.75, 3.05) is 13.2 Å². The first-order valence-electron chi connectivity index (χ1n) is 7.36. The third-order valence-electron chi connectivity index (χ3n) is 3.73. The topological polar surface area (TPSA) is 52.6 Å². The van der Waals surface area contributed by atoms with Crippen molar-refractivity contribution < 1.29 is 58.6 Å². The molecule has 0 bridgehead atoms. The highest BCUT2D eigenvalue weighted by molar-refractivity contribution is 5.77. The zero-order valence-corrected chi connectivity index (χ0v) is 14.4. The molecule has 0 heterocycles. The number of esters is 2. The van der Waals surface area contributed by atoms with Gasteiger partial charge in [-0.3, -0.25) is 9.59 Å². The lowest BCUT2D eigenvalue weighted by atomic mass is 9.89. The zero-order valence-electron chi connectivity index (χ0n) is 14.4. The summed E-state index contributed by atoms with van der Waals surface area (Å²) in [5.41, 5.74) is -1.56. The minimum absolute atomic E-state index is 0.0438. The fourth-order valence-electron chi connectivity index (χ4n) is 1.58. The smallest absolute Gasteiger partial charge is 0.460 e. The van der Waals surface area contributed by atoms with E-state index in [-0.39, 0.29) is 6.42 Å². The van der Waals surface area contributed by atoms with Crippen molar-refractivity contribution in [2.24, 2.45) is 5.41 Å². The Bertz CT molecular complexity index is 545. The van der Waals surface area contributed by atoms with Crippen molar-refractivity contribution in [2.45, 2.75) is 57.6 Å². The molecule has 27 heavy (non-hydrogen) atoms. The minimum Gasteiger partial charge on any atom is -0.465 e. The summed E-state index contributed by atoms with van der Waals surface area (Å²) in [6.45, 7) is 1.49. The van der Waals surface area contributed by atoms with Crippen LogP contribution in [-0.2, 0) is 19.1 Å². The number of hydrogen-bond acceptors (Lipinski definition) is 4. The predicted octanol–water partition coefficient (Wildman–Crippen LogP) is 4.37. The Hall–Kier alpha value is -1.69. The fraction of sp³-hybridized carbons (Fsp3) is 0.857. The van der Waals surface area contributed by atoms with Gasteiger partial charge in [0.2, 0.25) is 0 Å². The molecule has 0 saturated carbocycles. The van der Waals surface area contributed by atoms with E-state index in [1.807, 2.05) is 0 Å². The summed E-state index contributed by atoms with van der Waals surface area (Å²) in [5.74, 6) is -21.7. The molecule has 1 atom stereocenters. The summed E-state index contributed by atoms with van der Waals surface area (Å²) in [6, 6.07) is 0. The van der Waals surface area contributed by atoms with Crippen molar-refractivity contribution in [1.29, 1.82) is 0 Å². The second kappa shape index (κ2) is 8.13. The van der Waals surface area contributed by atoms with Gasteiger partial charge < -0.3 is 9.47 Å². The van der Waals surface area contributed by atoms with E-state index in [1.54, 1.807) is 0 Å². The molecule has 0 aliphatic rings. The summed E-state index contributed by atoms with van der Waals surface area (Å²) in [4.78, 5) is 22.6. The maximum atomic E-state index is 13.3. The molecule has 0 aromatic carbocycles. The van der Waals surface area contributed by atoms with Gasteiger partial charge in [-0.1, -0.05) is 6.92 Å². The minimum atomic E-state index is -7.00. The Kier molecular flexibility index (Phi) is 7.62. The number of halogens is 9. The number of rotatable bonds is 9. The highest BCUT2D eigenvalue weighted by Gasteiger charge is 2.81. The first-order chi connectivity index (χ1) is 11.9. The summed E-state index contributed by atoms with van der Waals surface area (Å²) in [6.07, 6.45) is -9.25. The Morgan fingerprint density at radius 3 is 1.70 bits per heavy atom.